The van der Waals surface area contributed by atoms with Crippen LogP contribution in [0.25, 0.3) is 0 Å². The molecule has 8 heteroatoms. The summed E-state index contributed by atoms with van der Waals surface area (Å²) in [5.41, 5.74) is 2.59. The molecule has 30 heavy (non-hydrogen) atoms. The fourth-order valence-corrected chi connectivity index (χ4v) is 2.90. The van der Waals surface area contributed by atoms with Crippen LogP contribution in [-0.4, -0.2) is 18.5 Å². The molecule has 0 atom stereocenters. The Hall–Kier alpha value is -3.22. The maximum Gasteiger partial charge on any atom is 0.323 e. The van der Waals surface area contributed by atoms with Crippen LogP contribution in [0.2, 0.25) is 10.0 Å². The Balaban J connectivity index is 1.59. The monoisotopic (exact) mass is 443 g/mol. The summed E-state index contributed by atoms with van der Waals surface area (Å²) in [4.78, 5) is 24.5. The van der Waals surface area contributed by atoms with Crippen molar-refractivity contribution >= 4 is 52.2 Å². The first-order chi connectivity index (χ1) is 14.4. The van der Waals surface area contributed by atoms with Gasteiger partial charge in [0.25, 0.3) is 5.91 Å². The van der Waals surface area contributed by atoms with Crippen molar-refractivity contribution in [3.05, 3.63) is 82.3 Å². The number of anilines is 3. The van der Waals surface area contributed by atoms with E-state index in [0.717, 1.165) is 5.56 Å². The second-order valence-electron chi connectivity index (χ2n) is 6.39. The SMILES string of the molecule is Cc1ccc(NC(=O)Nc2ccccc2)cc1NC(=O)COc1cc(Cl)ccc1Cl. The minimum absolute atomic E-state index is 0.244. The third-order valence-corrected chi connectivity index (χ3v) is 4.60. The highest BCUT2D eigenvalue weighted by molar-refractivity contribution is 6.34. The molecule has 0 aliphatic heterocycles. The molecular weight excluding hydrogens is 425 g/mol. The molecule has 0 fully saturated rings. The van der Waals surface area contributed by atoms with Crippen LogP contribution < -0.4 is 20.7 Å². The largest absolute Gasteiger partial charge is 0.482 e. The van der Waals surface area contributed by atoms with Gasteiger partial charge in [0.2, 0.25) is 0 Å². The lowest BCUT2D eigenvalue weighted by molar-refractivity contribution is -0.118. The summed E-state index contributed by atoms with van der Waals surface area (Å²) < 4.78 is 5.44. The lowest BCUT2D eigenvalue weighted by atomic mass is 10.2. The van der Waals surface area contributed by atoms with Crippen molar-refractivity contribution in [1.82, 2.24) is 0 Å². The van der Waals surface area contributed by atoms with Gasteiger partial charge in [-0.1, -0.05) is 47.5 Å². The molecule has 154 valence electrons. The Morgan fingerprint density at radius 3 is 2.37 bits per heavy atom. The summed E-state index contributed by atoms with van der Waals surface area (Å²) in [5.74, 6) is -0.0518. The van der Waals surface area contributed by atoms with Gasteiger partial charge in [0.05, 0.1) is 5.02 Å². The van der Waals surface area contributed by atoms with Crippen LogP contribution in [0.4, 0.5) is 21.9 Å². The first kappa shape index (κ1) is 21.5. The molecule has 0 bridgehead atoms. The summed E-state index contributed by atoms with van der Waals surface area (Å²) in [7, 11) is 0. The fraction of sp³-hybridized carbons (Fsp3) is 0.0909. The number of aryl methyl sites for hydroxylation is 1. The number of nitrogens with one attached hydrogen (secondary N) is 3. The van der Waals surface area contributed by atoms with Crippen LogP contribution in [0.3, 0.4) is 0 Å². The van der Waals surface area contributed by atoms with Crippen LogP contribution in [0.15, 0.2) is 66.7 Å². The number of carbonyl (C=O) groups excluding carboxylic acids is 2. The number of carbonyl (C=O) groups is 2. The Kier molecular flexibility index (Phi) is 7.17. The number of para-hydroxylation sites is 1. The zero-order chi connectivity index (χ0) is 21.5. The van der Waals surface area contributed by atoms with Gasteiger partial charge in [-0.25, -0.2) is 4.79 Å². The van der Waals surface area contributed by atoms with Crippen LogP contribution in [0.5, 0.6) is 5.75 Å². The highest BCUT2D eigenvalue weighted by Gasteiger charge is 2.10. The topological polar surface area (TPSA) is 79.5 Å². The fourth-order valence-electron chi connectivity index (χ4n) is 2.57. The quantitative estimate of drug-likeness (QED) is 0.439. The predicted octanol–water partition coefficient (Wildman–Crippen LogP) is 5.96. The van der Waals surface area contributed by atoms with Gasteiger partial charge in [-0.2, -0.15) is 0 Å². The van der Waals surface area contributed by atoms with Crippen LogP contribution in [-0.2, 0) is 4.79 Å². The molecule has 0 saturated carbocycles. The Bertz CT molecular complexity index is 1060. The highest BCUT2D eigenvalue weighted by atomic mass is 35.5. The summed E-state index contributed by atoms with van der Waals surface area (Å²) >= 11 is 11.9. The molecule has 3 N–H and O–H groups in total. The van der Waals surface area contributed by atoms with Crippen LogP contribution >= 0.6 is 23.2 Å². The smallest absolute Gasteiger partial charge is 0.323 e. The number of benzene rings is 3. The normalized spacial score (nSPS) is 10.2. The number of halogens is 2. The number of hydrogen-bond acceptors (Lipinski definition) is 3. The Morgan fingerprint density at radius 2 is 1.60 bits per heavy atom. The molecule has 0 aliphatic carbocycles. The maximum atomic E-state index is 12.3. The highest BCUT2D eigenvalue weighted by Crippen LogP contribution is 2.27. The van der Waals surface area contributed by atoms with Crippen molar-refractivity contribution in [2.75, 3.05) is 22.6 Å². The minimum atomic E-state index is -0.388. The van der Waals surface area contributed by atoms with Crippen molar-refractivity contribution < 1.29 is 14.3 Å². The molecule has 3 amide bonds. The molecule has 3 rings (SSSR count). The lowest BCUT2D eigenvalue weighted by Crippen LogP contribution is -2.22. The number of rotatable bonds is 6. The standard InChI is InChI=1S/C22H19Cl2N3O3/c1-14-7-9-17(26-22(29)25-16-5-3-2-4-6-16)12-19(14)27-21(28)13-30-20-11-15(23)8-10-18(20)24/h2-12H,13H2,1H3,(H,27,28)(H2,25,26,29). The van der Waals surface area contributed by atoms with E-state index < -0.39 is 0 Å². The van der Waals surface area contributed by atoms with Crippen molar-refractivity contribution in [3.8, 4) is 5.75 Å². The maximum absolute atomic E-state index is 12.3. The average Bonchev–Trinajstić information content (AvgIpc) is 2.72. The molecule has 6 nitrogen and oxygen atoms in total. The number of urea groups is 1. The van der Waals surface area contributed by atoms with E-state index in [2.05, 4.69) is 16.0 Å². The van der Waals surface area contributed by atoms with Gasteiger partial charge in [-0.05, 0) is 48.9 Å². The van der Waals surface area contributed by atoms with Gasteiger partial charge in [-0.3, -0.25) is 4.79 Å². The lowest BCUT2D eigenvalue weighted by Gasteiger charge is -2.13. The summed E-state index contributed by atoms with van der Waals surface area (Å²) in [6, 6.07) is 18.7. The van der Waals surface area contributed by atoms with E-state index in [4.69, 9.17) is 27.9 Å². The van der Waals surface area contributed by atoms with Crippen LogP contribution in [0.1, 0.15) is 5.56 Å². The molecule has 3 aromatic rings. The molecule has 0 spiro atoms. The second kappa shape index (κ2) is 10.0. The Labute approximate surface area is 184 Å². The number of hydrogen-bond donors (Lipinski definition) is 3. The molecule has 0 heterocycles. The van der Waals surface area contributed by atoms with Gasteiger partial charge >= 0.3 is 6.03 Å². The van der Waals surface area contributed by atoms with Crippen LogP contribution in [0, 0.1) is 6.92 Å². The van der Waals surface area contributed by atoms with Gasteiger partial charge in [-0.15, -0.1) is 0 Å². The van der Waals surface area contributed by atoms with E-state index in [1.54, 1.807) is 42.5 Å². The summed E-state index contributed by atoms with van der Waals surface area (Å²) in [5, 5.41) is 9.05. The molecule has 0 unspecified atom stereocenters. The van der Waals surface area contributed by atoms with E-state index in [1.165, 1.54) is 6.07 Å². The zero-order valence-electron chi connectivity index (χ0n) is 16.0. The molecule has 3 aromatic carbocycles. The van der Waals surface area contributed by atoms with Crippen molar-refractivity contribution in [1.29, 1.82) is 0 Å². The van der Waals surface area contributed by atoms with Crippen molar-refractivity contribution in [2.45, 2.75) is 6.92 Å². The second-order valence-corrected chi connectivity index (χ2v) is 7.23. The molecule has 0 aliphatic rings. The predicted molar refractivity (Wildman–Crippen MR) is 121 cm³/mol. The molecule has 0 radical (unpaired) electrons. The van der Waals surface area contributed by atoms with Gasteiger partial charge in [0.15, 0.2) is 6.61 Å². The van der Waals surface area contributed by atoms with E-state index in [1.807, 2.05) is 25.1 Å². The molecule has 0 aromatic heterocycles. The third-order valence-electron chi connectivity index (χ3n) is 4.05. The first-order valence-electron chi connectivity index (χ1n) is 9.02. The van der Waals surface area contributed by atoms with E-state index in [-0.39, 0.29) is 18.5 Å². The van der Waals surface area contributed by atoms with Crippen molar-refractivity contribution in [3.63, 3.8) is 0 Å². The van der Waals surface area contributed by atoms with E-state index in [0.29, 0.717) is 32.9 Å². The first-order valence-corrected chi connectivity index (χ1v) is 9.78. The third kappa shape index (κ3) is 6.14. The number of ether oxygens (including phenoxy) is 1. The minimum Gasteiger partial charge on any atom is -0.482 e. The zero-order valence-corrected chi connectivity index (χ0v) is 17.6. The van der Waals surface area contributed by atoms with Gasteiger partial charge in [0.1, 0.15) is 5.75 Å². The molecular formula is C22H19Cl2N3O3. The average molecular weight is 444 g/mol. The Morgan fingerprint density at radius 1 is 0.867 bits per heavy atom. The van der Waals surface area contributed by atoms with Gasteiger partial charge < -0.3 is 20.7 Å². The van der Waals surface area contributed by atoms with E-state index in [9.17, 15) is 9.59 Å². The van der Waals surface area contributed by atoms with Crippen molar-refractivity contribution in [2.24, 2.45) is 0 Å². The number of amides is 3. The van der Waals surface area contributed by atoms with E-state index >= 15 is 0 Å². The molecule has 0 saturated heterocycles. The van der Waals surface area contributed by atoms with Gasteiger partial charge in [0, 0.05) is 28.2 Å². The summed E-state index contributed by atoms with van der Waals surface area (Å²) in [6.07, 6.45) is 0. The summed E-state index contributed by atoms with van der Waals surface area (Å²) in [6.45, 7) is 1.60.